The predicted octanol–water partition coefficient (Wildman–Crippen LogP) is 3.43. The van der Waals surface area contributed by atoms with Crippen LogP contribution in [0.15, 0.2) is 47.4 Å². The third-order valence-electron chi connectivity index (χ3n) is 2.71. The van der Waals surface area contributed by atoms with E-state index >= 15 is 0 Å². The number of carboxylic acids is 1. The van der Waals surface area contributed by atoms with Crippen molar-refractivity contribution in [1.29, 1.82) is 0 Å². The number of carboxylic acid groups (broad SMARTS) is 1. The number of benzene rings is 2. The maximum Gasteiger partial charge on any atom is 0.337 e. The van der Waals surface area contributed by atoms with Gasteiger partial charge in [-0.1, -0.05) is 6.07 Å². The second kappa shape index (κ2) is 5.67. The van der Waals surface area contributed by atoms with Gasteiger partial charge in [0, 0.05) is 10.6 Å². The highest BCUT2D eigenvalue weighted by atomic mass is 32.2. The second-order valence-corrected chi connectivity index (χ2v) is 4.81. The van der Waals surface area contributed by atoms with Crippen molar-refractivity contribution in [2.24, 2.45) is 0 Å². The molecular weight excluding hydrogens is 260 g/mol. The molecule has 98 valence electrons. The number of aromatic carboxylic acids is 1. The zero-order valence-corrected chi connectivity index (χ0v) is 11.2. The Morgan fingerprint density at radius 1 is 1.21 bits per heavy atom. The average Bonchev–Trinajstić information content (AvgIpc) is 2.41. The Kier molecular flexibility index (Phi) is 3.97. The predicted molar refractivity (Wildman–Crippen MR) is 79.3 cm³/mol. The monoisotopic (exact) mass is 274 g/mol. The van der Waals surface area contributed by atoms with Gasteiger partial charge >= 0.3 is 5.97 Å². The fraction of sp³-hybridized carbons (Fsp3) is 0.0714. The van der Waals surface area contributed by atoms with E-state index in [-0.39, 0.29) is 11.3 Å². The highest BCUT2D eigenvalue weighted by Gasteiger charge is 2.10. The summed E-state index contributed by atoms with van der Waals surface area (Å²) in [7, 11) is 0. The lowest BCUT2D eigenvalue weighted by Crippen LogP contribution is -2.05. The van der Waals surface area contributed by atoms with Crippen LogP contribution in [-0.4, -0.2) is 17.3 Å². The van der Waals surface area contributed by atoms with Gasteiger partial charge in [-0.25, -0.2) is 4.79 Å². The summed E-state index contributed by atoms with van der Waals surface area (Å²) in [5.74, 6) is -1.03. The van der Waals surface area contributed by atoms with Crippen molar-refractivity contribution in [3.8, 4) is 0 Å². The van der Waals surface area contributed by atoms with E-state index in [1.54, 1.807) is 23.9 Å². The summed E-state index contributed by atoms with van der Waals surface area (Å²) in [5.41, 5.74) is 7.64. The highest BCUT2D eigenvalue weighted by molar-refractivity contribution is 7.98. The molecule has 0 heterocycles. The lowest BCUT2D eigenvalue weighted by Gasteiger charge is -2.11. The Hall–Kier alpha value is -2.14. The van der Waals surface area contributed by atoms with Crippen LogP contribution in [0.2, 0.25) is 0 Å². The first-order valence-corrected chi connectivity index (χ1v) is 6.87. The van der Waals surface area contributed by atoms with Crippen LogP contribution >= 0.6 is 11.8 Å². The number of para-hydroxylation sites is 1. The number of rotatable bonds is 4. The maximum atomic E-state index is 11.0. The van der Waals surface area contributed by atoms with E-state index in [1.807, 2.05) is 30.5 Å². The van der Waals surface area contributed by atoms with Crippen LogP contribution in [0, 0.1) is 0 Å². The minimum atomic E-state index is -1.03. The molecule has 2 rings (SSSR count). The molecule has 0 fully saturated rings. The zero-order valence-electron chi connectivity index (χ0n) is 10.4. The molecule has 0 unspecified atom stereocenters. The van der Waals surface area contributed by atoms with Crippen molar-refractivity contribution < 1.29 is 9.90 Å². The van der Waals surface area contributed by atoms with Crippen LogP contribution in [0.1, 0.15) is 10.4 Å². The molecule has 19 heavy (non-hydrogen) atoms. The summed E-state index contributed by atoms with van der Waals surface area (Å²) in [4.78, 5) is 12.2. The van der Waals surface area contributed by atoms with Crippen molar-refractivity contribution in [2.45, 2.75) is 4.90 Å². The number of nitrogen functional groups attached to an aromatic ring is 1. The van der Waals surface area contributed by atoms with E-state index in [0.717, 1.165) is 10.6 Å². The fourth-order valence-corrected chi connectivity index (χ4v) is 2.10. The SMILES string of the molecule is CSc1ccc(Nc2cccc(C(=O)O)c2N)cc1. The van der Waals surface area contributed by atoms with Crippen molar-refractivity contribution in [3.05, 3.63) is 48.0 Å². The van der Waals surface area contributed by atoms with Gasteiger partial charge < -0.3 is 16.2 Å². The Labute approximate surface area is 115 Å². The Morgan fingerprint density at radius 3 is 2.47 bits per heavy atom. The van der Waals surface area contributed by atoms with Crippen molar-refractivity contribution in [2.75, 3.05) is 17.3 Å². The molecule has 0 radical (unpaired) electrons. The number of hydrogen-bond acceptors (Lipinski definition) is 4. The van der Waals surface area contributed by atoms with Gasteiger partial charge in [0.25, 0.3) is 0 Å². The summed E-state index contributed by atoms with van der Waals surface area (Å²) < 4.78 is 0. The first-order valence-electron chi connectivity index (χ1n) is 5.64. The molecule has 0 aliphatic heterocycles. The van der Waals surface area contributed by atoms with E-state index in [0.29, 0.717) is 5.69 Å². The van der Waals surface area contributed by atoms with E-state index in [2.05, 4.69) is 5.32 Å². The van der Waals surface area contributed by atoms with E-state index in [9.17, 15) is 4.79 Å². The van der Waals surface area contributed by atoms with E-state index in [1.165, 1.54) is 6.07 Å². The summed E-state index contributed by atoms with van der Waals surface area (Å²) >= 11 is 1.66. The molecule has 5 heteroatoms. The van der Waals surface area contributed by atoms with E-state index in [4.69, 9.17) is 10.8 Å². The van der Waals surface area contributed by atoms with Gasteiger partial charge in [0.15, 0.2) is 0 Å². The third kappa shape index (κ3) is 3.00. The van der Waals surface area contributed by atoms with Crippen molar-refractivity contribution >= 4 is 34.8 Å². The largest absolute Gasteiger partial charge is 0.478 e. The Balaban J connectivity index is 2.27. The number of carbonyl (C=O) groups is 1. The van der Waals surface area contributed by atoms with Crippen LogP contribution in [-0.2, 0) is 0 Å². The Morgan fingerprint density at radius 2 is 1.89 bits per heavy atom. The number of hydrogen-bond donors (Lipinski definition) is 3. The molecule has 0 saturated heterocycles. The molecular formula is C14H14N2O2S. The number of anilines is 3. The molecule has 0 atom stereocenters. The van der Waals surface area contributed by atoms with Gasteiger partial charge in [0.2, 0.25) is 0 Å². The van der Waals surface area contributed by atoms with Crippen LogP contribution < -0.4 is 11.1 Å². The second-order valence-electron chi connectivity index (χ2n) is 3.93. The molecule has 4 N–H and O–H groups in total. The summed E-state index contributed by atoms with van der Waals surface area (Å²) in [6, 6.07) is 12.7. The zero-order chi connectivity index (χ0) is 13.8. The highest BCUT2D eigenvalue weighted by Crippen LogP contribution is 2.27. The molecule has 4 nitrogen and oxygen atoms in total. The minimum absolute atomic E-state index is 0.103. The minimum Gasteiger partial charge on any atom is -0.478 e. The number of thioether (sulfide) groups is 1. The van der Waals surface area contributed by atoms with Crippen LogP contribution in [0.4, 0.5) is 17.1 Å². The topological polar surface area (TPSA) is 75.3 Å². The lowest BCUT2D eigenvalue weighted by atomic mass is 10.1. The van der Waals surface area contributed by atoms with E-state index < -0.39 is 5.97 Å². The summed E-state index contributed by atoms with van der Waals surface area (Å²) in [6.45, 7) is 0. The normalized spacial score (nSPS) is 10.2. The Bertz CT molecular complexity index is 597. The molecule has 0 aromatic heterocycles. The summed E-state index contributed by atoms with van der Waals surface area (Å²) in [6.07, 6.45) is 2.01. The molecule has 2 aromatic rings. The molecule has 0 amide bonds. The fourth-order valence-electron chi connectivity index (χ4n) is 1.69. The molecule has 0 aliphatic rings. The average molecular weight is 274 g/mol. The van der Waals surface area contributed by atoms with Crippen molar-refractivity contribution in [1.82, 2.24) is 0 Å². The number of nitrogens with two attached hydrogens (primary N) is 1. The molecule has 0 aliphatic carbocycles. The van der Waals surface area contributed by atoms with Gasteiger partial charge in [-0.05, 0) is 42.7 Å². The number of nitrogens with one attached hydrogen (secondary N) is 1. The van der Waals surface area contributed by atoms with Gasteiger partial charge in [0.1, 0.15) is 0 Å². The molecule has 0 bridgehead atoms. The standard InChI is InChI=1S/C14H14N2O2S/c1-19-10-7-5-9(6-8-10)16-12-4-2-3-11(13(12)15)14(17)18/h2-8,16H,15H2,1H3,(H,17,18). The summed E-state index contributed by atoms with van der Waals surface area (Å²) in [5, 5.41) is 12.1. The first kappa shape index (κ1) is 13.3. The maximum absolute atomic E-state index is 11.0. The van der Waals surface area contributed by atoms with Crippen LogP contribution in [0.3, 0.4) is 0 Å². The van der Waals surface area contributed by atoms with Gasteiger partial charge in [-0.3, -0.25) is 0 Å². The first-order chi connectivity index (χ1) is 9.11. The van der Waals surface area contributed by atoms with Crippen molar-refractivity contribution in [3.63, 3.8) is 0 Å². The third-order valence-corrected chi connectivity index (χ3v) is 3.45. The molecule has 0 saturated carbocycles. The molecule has 0 spiro atoms. The van der Waals surface area contributed by atoms with Gasteiger partial charge in [-0.2, -0.15) is 0 Å². The quantitative estimate of drug-likeness (QED) is 0.588. The van der Waals surface area contributed by atoms with Gasteiger partial charge in [-0.15, -0.1) is 11.8 Å². The van der Waals surface area contributed by atoms with Crippen LogP contribution in [0.5, 0.6) is 0 Å². The van der Waals surface area contributed by atoms with Crippen LogP contribution in [0.25, 0.3) is 0 Å². The molecule has 2 aromatic carbocycles. The van der Waals surface area contributed by atoms with Gasteiger partial charge in [0.05, 0.1) is 16.9 Å². The lowest BCUT2D eigenvalue weighted by molar-refractivity contribution is 0.0698. The smallest absolute Gasteiger partial charge is 0.337 e.